The van der Waals surface area contributed by atoms with E-state index in [9.17, 15) is 19.2 Å². The second-order valence-electron chi connectivity index (χ2n) is 9.92. The number of carbonyl (C=O) groups is 4. The van der Waals surface area contributed by atoms with Gasteiger partial charge in [0.05, 0.1) is 29.8 Å². The summed E-state index contributed by atoms with van der Waals surface area (Å²) in [6, 6.07) is 12.8. The van der Waals surface area contributed by atoms with E-state index in [1.807, 2.05) is 45.0 Å². The number of carbonyl (C=O) groups excluding carboxylic acids is 4. The average Bonchev–Trinajstić information content (AvgIpc) is 3.25. The number of amides is 2. The highest BCUT2D eigenvalue weighted by Gasteiger charge is 2.66. The molecule has 2 amide bonds. The number of benzene rings is 2. The molecule has 4 atom stereocenters. The summed E-state index contributed by atoms with van der Waals surface area (Å²) in [5.74, 6) is -2.51. The third-order valence-electron chi connectivity index (χ3n) is 6.83. The Morgan fingerprint density at radius 1 is 0.909 bits per heavy atom. The monoisotopic (exact) mass is 443 g/mol. The van der Waals surface area contributed by atoms with Crippen molar-refractivity contribution >= 4 is 35.3 Å². The fraction of sp³-hybridized carbons (Fsp3) is 0.346. The van der Waals surface area contributed by atoms with Crippen LogP contribution in [0, 0.1) is 17.3 Å². The van der Waals surface area contributed by atoms with Crippen LogP contribution < -0.4 is 4.90 Å². The van der Waals surface area contributed by atoms with E-state index in [2.05, 4.69) is 5.10 Å². The lowest BCUT2D eigenvalue weighted by atomic mass is 9.79. The van der Waals surface area contributed by atoms with Gasteiger partial charge in [-0.15, -0.1) is 0 Å². The molecule has 0 spiro atoms. The van der Waals surface area contributed by atoms with Gasteiger partial charge in [-0.25, -0.2) is 4.90 Å². The quantitative estimate of drug-likeness (QED) is 0.536. The van der Waals surface area contributed by atoms with E-state index in [1.54, 1.807) is 35.5 Å². The number of ketones is 2. The van der Waals surface area contributed by atoms with E-state index in [1.165, 1.54) is 11.8 Å². The Morgan fingerprint density at radius 3 is 2.18 bits per heavy atom. The van der Waals surface area contributed by atoms with Gasteiger partial charge in [-0.2, -0.15) is 5.10 Å². The molecule has 2 aromatic rings. The molecule has 5 rings (SSSR count). The fourth-order valence-corrected chi connectivity index (χ4v) is 5.21. The van der Waals surface area contributed by atoms with Crippen LogP contribution in [0.15, 0.2) is 53.6 Å². The van der Waals surface area contributed by atoms with Crippen LogP contribution in [-0.2, 0) is 14.4 Å². The Hall–Kier alpha value is -3.61. The van der Waals surface area contributed by atoms with Gasteiger partial charge >= 0.3 is 0 Å². The number of rotatable bonds is 3. The number of nitrogens with zero attached hydrogens (tertiary/aromatic N) is 3. The molecular weight excluding hydrogens is 418 g/mol. The largest absolute Gasteiger partial charge is 0.297 e. The van der Waals surface area contributed by atoms with Gasteiger partial charge in [-0.05, 0) is 42.3 Å². The molecule has 7 nitrogen and oxygen atoms in total. The fourth-order valence-electron chi connectivity index (χ4n) is 5.21. The molecule has 33 heavy (non-hydrogen) atoms. The smallest absolute Gasteiger partial charge is 0.240 e. The number of imide groups is 1. The van der Waals surface area contributed by atoms with Gasteiger partial charge in [-0.3, -0.25) is 24.2 Å². The molecule has 2 saturated heterocycles. The molecule has 0 N–H and O–H groups in total. The van der Waals surface area contributed by atoms with Gasteiger partial charge in [0.25, 0.3) is 0 Å². The average molecular weight is 444 g/mol. The first-order valence-electron chi connectivity index (χ1n) is 11.1. The lowest BCUT2D eigenvalue weighted by Gasteiger charge is -2.35. The molecule has 3 aliphatic heterocycles. The summed E-state index contributed by atoms with van der Waals surface area (Å²) in [4.78, 5) is 53.9. The van der Waals surface area contributed by atoms with Crippen molar-refractivity contribution in [1.29, 1.82) is 0 Å². The number of hydrogen-bond donors (Lipinski definition) is 0. The van der Waals surface area contributed by atoms with Crippen molar-refractivity contribution in [3.8, 4) is 0 Å². The van der Waals surface area contributed by atoms with Crippen molar-refractivity contribution < 1.29 is 19.2 Å². The first-order valence-corrected chi connectivity index (χ1v) is 11.1. The summed E-state index contributed by atoms with van der Waals surface area (Å²) in [7, 11) is 0. The molecule has 168 valence electrons. The third-order valence-corrected chi connectivity index (χ3v) is 6.83. The molecular formula is C26H25N3O4. The number of Topliss-reactive ketones (excluding diaryl/α,β-unsaturated/α-hetero) is 2. The minimum Gasteiger partial charge on any atom is -0.297 e. The predicted molar refractivity (Wildman–Crippen MR) is 123 cm³/mol. The van der Waals surface area contributed by atoms with E-state index in [0.717, 1.165) is 11.1 Å². The summed E-state index contributed by atoms with van der Waals surface area (Å²) in [5.41, 5.74) is 1.97. The van der Waals surface area contributed by atoms with Crippen molar-refractivity contribution in [3.63, 3.8) is 0 Å². The molecule has 2 fully saturated rings. The van der Waals surface area contributed by atoms with Crippen LogP contribution in [0.5, 0.6) is 0 Å². The zero-order valence-electron chi connectivity index (χ0n) is 19.0. The normalized spacial score (nSPS) is 25.7. The number of fused-ring (bicyclic) bond motifs is 5. The summed E-state index contributed by atoms with van der Waals surface area (Å²) < 4.78 is 0. The Kier molecular flexibility index (Phi) is 4.64. The maximum atomic E-state index is 13.7. The minimum absolute atomic E-state index is 0.0966. The molecule has 0 aromatic heterocycles. The third kappa shape index (κ3) is 3.06. The highest BCUT2D eigenvalue weighted by molar-refractivity contribution is 6.24. The molecule has 3 aliphatic rings. The molecule has 0 bridgehead atoms. The van der Waals surface area contributed by atoms with Crippen LogP contribution in [-0.4, -0.2) is 40.6 Å². The predicted octanol–water partition coefficient (Wildman–Crippen LogP) is 3.38. The van der Waals surface area contributed by atoms with Gasteiger partial charge in [0.2, 0.25) is 11.8 Å². The van der Waals surface area contributed by atoms with Gasteiger partial charge < -0.3 is 0 Å². The van der Waals surface area contributed by atoms with E-state index in [4.69, 9.17) is 0 Å². The second-order valence-corrected chi connectivity index (χ2v) is 9.92. The van der Waals surface area contributed by atoms with Crippen molar-refractivity contribution in [2.75, 3.05) is 4.90 Å². The first-order chi connectivity index (χ1) is 15.6. The molecule has 0 saturated carbocycles. The van der Waals surface area contributed by atoms with Crippen LogP contribution in [0.1, 0.15) is 55.2 Å². The second kappa shape index (κ2) is 7.20. The highest BCUT2D eigenvalue weighted by Crippen LogP contribution is 2.53. The van der Waals surface area contributed by atoms with E-state index in [0.29, 0.717) is 11.3 Å². The number of hydrazone groups is 1. The van der Waals surface area contributed by atoms with E-state index >= 15 is 0 Å². The molecule has 0 unspecified atom stereocenters. The van der Waals surface area contributed by atoms with Gasteiger partial charge in [0.15, 0.2) is 11.6 Å². The SMILES string of the molecule is CC(=O)c1ccc(N2C(=O)[C@@H]3[C@H](C2=O)[C@H](C(=O)C(C)(C)C)N2N=Cc4ccccc4[C@@H]32)cc1. The Morgan fingerprint density at radius 2 is 1.55 bits per heavy atom. The van der Waals surface area contributed by atoms with Crippen molar-refractivity contribution in [3.05, 3.63) is 65.2 Å². The molecule has 0 radical (unpaired) electrons. The van der Waals surface area contributed by atoms with Crippen LogP contribution in [0.4, 0.5) is 5.69 Å². The van der Waals surface area contributed by atoms with Crippen LogP contribution >= 0.6 is 0 Å². The Balaban J connectivity index is 1.63. The van der Waals surface area contributed by atoms with Gasteiger partial charge in [0, 0.05) is 11.0 Å². The standard InChI is InChI=1S/C26H25N3O4/c1-14(30)15-9-11-17(12-10-15)28-24(32)19-20(25(28)33)22(23(31)26(2,3)4)29-21(19)18-8-6-5-7-16(18)13-27-29/h5-13,19-22H,1-4H3/t19-,20+,21+,22-/m1/s1. The molecule has 3 heterocycles. The topological polar surface area (TPSA) is 87.1 Å². The summed E-state index contributed by atoms with van der Waals surface area (Å²) in [6.45, 7) is 6.92. The Labute approximate surface area is 192 Å². The zero-order chi connectivity index (χ0) is 23.7. The molecule has 2 aromatic carbocycles. The lowest BCUT2D eigenvalue weighted by molar-refractivity contribution is -0.136. The summed E-state index contributed by atoms with van der Waals surface area (Å²) >= 11 is 0. The number of hydrogen-bond acceptors (Lipinski definition) is 6. The van der Waals surface area contributed by atoms with E-state index < -0.39 is 35.2 Å². The lowest BCUT2D eigenvalue weighted by Crippen LogP contribution is -2.48. The van der Waals surface area contributed by atoms with Crippen LogP contribution in [0.3, 0.4) is 0 Å². The number of anilines is 1. The Bertz CT molecular complexity index is 1220. The maximum Gasteiger partial charge on any atom is 0.240 e. The van der Waals surface area contributed by atoms with Crippen molar-refractivity contribution in [2.24, 2.45) is 22.4 Å². The highest BCUT2D eigenvalue weighted by atomic mass is 16.2. The van der Waals surface area contributed by atoms with Crippen molar-refractivity contribution in [1.82, 2.24) is 5.01 Å². The zero-order valence-corrected chi connectivity index (χ0v) is 19.0. The molecule has 0 aliphatic carbocycles. The van der Waals surface area contributed by atoms with Gasteiger partial charge in [-0.1, -0.05) is 45.0 Å². The van der Waals surface area contributed by atoms with Crippen LogP contribution in [0.2, 0.25) is 0 Å². The van der Waals surface area contributed by atoms with E-state index in [-0.39, 0.29) is 17.5 Å². The minimum atomic E-state index is -0.831. The first kappa shape index (κ1) is 21.2. The summed E-state index contributed by atoms with van der Waals surface area (Å²) in [6.07, 6.45) is 1.70. The van der Waals surface area contributed by atoms with Crippen molar-refractivity contribution in [2.45, 2.75) is 39.8 Å². The maximum absolute atomic E-state index is 13.7. The van der Waals surface area contributed by atoms with Gasteiger partial charge in [0.1, 0.15) is 6.04 Å². The molecule has 7 heteroatoms. The summed E-state index contributed by atoms with van der Waals surface area (Å²) in [5, 5.41) is 6.23. The van der Waals surface area contributed by atoms with Crippen LogP contribution in [0.25, 0.3) is 0 Å².